The van der Waals surface area contributed by atoms with E-state index < -0.39 is 6.04 Å². The fraction of sp³-hybridized carbons (Fsp3) is 0.300. The number of amides is 4. The van der Waals surface area contributed by atoms with Gasteiger partial charge in [0.1, 0.15) is 6.04 Å². The van der Waals surface area contributed by atoms with Gasteiger partial charge in [0.2, 0.25) is 5.91 Å². The van der Waals surface area contributed by atoms with Crippen molar-refractivity contribution >= 4 is 63.5 Å². The van der Waals surface area contributed by atoms with E-state index in [0.29, 0.717) is 22.7 Å². The Morgan fingerprint density at radius 3 is 2.70 bits per heavy atom. The zero-order valence-corrected chi connectivity index (χ0v) is 18.4. The van der Waals surface area contributed by atoms with E-state index >= 15 is 0 Å². The van der Waals surface area contributed by atoms with E-state index in [1.165, 1.54) is 22.7 Å². The number of carbonyl (C=O) groups excluding carboxylic acids is 4. The largest absolute Gasteiger partial charge is 0.353 e. The molecule has 1 N–H and O–H groups in total. The Morgan fingerprint density at radius 2 is 1.97 bits per heavy atom. The van der Waals surface area contributed by atoms with Crippen LogP contribution in [-0.2, 0) is 9.59 Å². The molecule has 2 aromatic heterocycles. The minimum atomic E-state index is -0.520. The number of imide groups is 1. The Balaban J connectivity index is 1.31. The highest BCUT2D eigenvalue weighted by molar-refractivity contribution is 8.18. The van der Waals surface area contributed by atoms with Crippen molar-refractivity contribution in [2.24, 2.45) is 0 Å². The Bertz CT molecular complexity index is 985. The standard InChI is InChI=1S/C20H19N3O4S3/c24-17(14-5-1-8-22(14)18(25)15-6-3-11-29-15)21-7-9-23-19(26)16(30-20(23)27)12-13-4-2-10-28-13/h2-4,6,10-12,14H,1,5,7-9H2,(H,21,24)/b16-12+. The van der Waals surface area contributed by atoms with Crippen molar-refractivity contribution < 1.29 is 19.2 Å². The van der Waals surface area contributed by atoms with Crippen molar-refractivity contribution in [1.29, 1.82) is 0 Å². The molecule has 2 aliphatic heterocycles. The van der Waals surface area contributed by atoms with Gasteiger partial charge in [-0.1, -0.05) is 12.1 Å². The fourth-order valence-electron chi connectivity index (χ4n) is 3.43. The van der Waals surface area contributed by atoms with Crippen LogP contribution in [0.15, 0.2) is 39.9 Å². The summed E-state index contributed by atoms with van der Waals surface area (Å²) in [5.41, 5.74) is 0. The highest BCUT2D eigenvalue weighted by Gasteiger charge is 2.36. The Morgan fingerprint density at radius 1 is 1.17 bits per heavy atom. The van der Waals surface area contributed by atoms with E-state index in [1.54, 1.807) is 17.0 Å². The topological polar surface area (TPSA) is 86.8 Å². The molecule has 2 fully saturated rings. The molecule has 2 saturated heterocycles. The maximum atomic E-state index is 12.6. The molecule has 10 heteroatoms. The second-order valence-electron chi connectivity index (χ2n) is 6.77. The summed E-state index contributed by atoms with van der Waals surface area (Å²) >= 11 is 3.76. The fourth-order valence-corrected chi connectivity index (χ4v) is 5.70. The van der Waals surface area contributed by atoms with E-state index in [9.17, 15) is 19.2 Å². The Labute approximate surface area is 185 Å². The van der Waals surface area contributed by atoms with Gasteiger partial charge in [-0.3, -0.25) is 24.1 Å². The van der Waals surface area contributed by atoms with Crippen LogP contribution in [-0.4, -0.2) is 58.4 Å². The van der Waals surface area contributed by atoms with E-state index in [2.05, 4.69) is 5.32 Å². The highest BCUT2D eigenvalue weighted by atomic mass is 32.2. The number of thiophene rings is 2. The van der Waals surface area contributed by atoms with Crippen LogP contribution in [0.3, 0.4) is 0 Å². The van der Waals surface area contributed by atoms with Crippen molar-refractivity contribution in [3.8, 4) is 0 Å². The molecule has 0 bridgehead atoms. The van der Waals surface area contributed by atoms with Crippen molar-refractivity contribution in [2.45, 2.75) is 18.9 Å². The number of carbonyl (C=O) groups is 4. The molecule has 0 radical (unpaired) electrons. The maximum Gasteiger partial charge on any atom is 0.293 e. The zero-order valence-electron chi connectivity index (χ0n) is 15.9. The van der Waals surface area contributed by atoms with Crippen LogP contribution in [0.1, 0.15) is 27.4 Å². The van der Waals surface area contributed by atoms with Crippen LogP contribution >= 0.6 is 34.4 Å². The number of nitrogens with zero attached hydrogens (tertiary/aromatic N) is 2. The van der Waals surface area contributed by atoms with Gasteiger partial charge in [-0.15, -0.1) is 22.7 Å². The molecule has 7 nitrogen and oxygen atoms in total. The van der Waals surface area contributed by atoms with Crippen molar-refractivity contribution in [3.63, 3.8) is 0 Å². The molecule has 0 aromatic carbocycles. The summed E-state index contributed by atoms with van der Waals surface area (Å²) in [5, 5.41) is 6.18. The third-order valence-corrected chi connectivity index (χ3v) is 7.46. The first-order valence-corrected chi connectivity index (χ1v) is 12.0. The van der Waals surface area contributed by atoms with Crippen LogP contribution in [0.25, 0.3) is 6.08 Å². The lowest BCUT2D eigenvalue weighted by Crippen LogP contribution is -2.47. The van der Waals surface area contributed by atoms with Crippen molar-refractivity contribution in [1.82, 2.24) is 15.1 Å². The van der Waals surface area contributed by atoms with Gasteiger partial charge >= 0.3 is 0 Å². The number of hydrogen-bond donors (Lipinski definition) is 1. The van der Waals surface area contributed by atoms with Crippen LogP contribution < -0.4 is 5.32 Å². The second kappa shape index (κ2) is 9.15. The van der Waals surface area contributed by atoms with E-state index in [-0.39, 0.29) is 36.1 Å². The SMILES string of the molecule is O=C(NCCN1C(=O)S/C(=C/c2cccs2)C1=O)C1CCCN1C(=O)c1cccs1. The van der Waals surface area contributed by atoms with Crippen molar-refractivity contribution in [3.05, 3.63) is 49.7 Å². The predicted octanol–water partition coefficient (Wildman–Crippen LogP) is 3.27. The molecule has 156 valence electrons. The molecule has 2 aromatic rings. The van der Waals surface area contributed by atoms with Crippen LogP contribution in [0.5, 0.6) is 0 Å². The zero-order chi connectivity index (χ0) is 21.1. The number of likely N-dealkylation sites (tertiary alicyclic amines) is 1. The van der Waals surface area contributed by atoms with Gasteiger partial charge in [0, 0.05) is 24.5 Å². The molecule has 1 unspecified atom stereocenters. The van der Waals surface area contributed by atoms with Gasteiger partial charge < -0.3 is 10.2 Å². The minimum Gasteiger partial charge on any atom is -0.353 e. The molecule has 4 amide bonds. The average Bonchev–Trinajstić information content (AvgIpc) is 3.52. The molecular weight excluding hydrogens is 442 g/mol. The van der Waals surface area contributed by atoms with Gasteiger partial charge in [0.05, 0.1) is 9.78 Å². The van der Waals surface area contributed by atoms with E-state index in [0.717, 1.165) is 28.0 Å². The minimum absolute atomic E-state index is 0.101. The summed E-state index contributed by atoms with van der Waals surface area (Å²) in [4.78, 5) is 54.6. The van der Waals surface area contributed by atoms with Gasteiger partial charge in [-0.25, -0.2) is 0 Å². The summed E-state index contributed by atoms with van der Waals surface area (Å²) in [6, 6.07) is 6.80. The summed E-state index contributed by atoms with van der Waals surface area (Å²) in [6.45, 7) is 0.801. The molecular formula is C20H19N3O4S3. The van der Waals surface area contributed by atoms with Gasteiger partial charge in [0.15, 0.2) is 0 Å². The van der Waals surface area contributed by atoms with Gasteiger partial charge in [-0.05, 0) is 53.6 Å². The first kappa shape index (κ1) is 20.8. The van der Waals surface area contributed by atoms with E-state index in [1.807, 2.05) is 29.0 Å². The normalized spacial score (nSPS) is 20.4. The number of rotatable bonds is 6. The third-order valence-electron chi connectivity index (χ3n) is 4.87. The average molecular weight is 462 g/mol. The molecule has 2 aliphatic rings. The lowest BCUT2D eigenvalue weighted by Gasteiger charge is -2.23. The molecule has 1 atom stereocenters. The smallest absolute Gasteiger partial charge is 0.293 e. The summed E-state index contributed by atoms with van der Waals surface area (Å²) < 4.78 is 0. The quantitative estimate of drug-likeness (QED) is 0.668. The summed E-state index contributed by atoms with van der Waals surface area (Å²) in [5.74, 6) is -0.728. The molecule has 4 rings (SSSR count). The first-order chi connectivity index (χ1) is 14.5. The van der Waals surface area contributed by atoms with Crippen molar-refractivity contribution in [2.75, 3.05) is 19.6 Å². The van der Waals surface area contributed by atoms with Crippen LogP contribution in [0, 0.1) is 0 Å². The highest BCUT2D eigenvalue weighted by Crippen LogP contribution is 2.32. The summed E-state index contributed by atoms with van der Waals surface area (Å²) in [7, 11) is 0. The Kier molecular flexibility index (Phi) is 6.35. The number of hydrogen-bond acceptors (Lipinski definition) is 7. The van der Waals surface area contributed by atoms with Crippen LogP contribution in [0.4, 0.5) is 4.79 Å². The lowest BCUT2D eigenvalue weighted by atomic mass is 10.2. The van der Waals surface area contributed by atoms with Gasteiger partial charge in [0.25, 0.3) is 17.1 Å². The first-order valence-electron chi connectivity index (χ1n) is 9.45. The number of nitrogens with one attached hydrogen (secondary N) is 1. The Hall–Kier alpha value is -2.43. The monoisotopic (exact) mass is 461 g/mol. The molecule has 0 spiro atoms. The molecule has 0 saturated carbocycles. The molecule has 4 heterocycles. The third kappa shape index (κ3) is 4.35. The van der Waals surface area contributed by atoms with Crippen LogP contribution in [0.2, 0.25) is 0 Å². The number of thioether (sulfide) groups is 1. The summed E-state index contributed by atoms with van der Waals surface area (Å²) in [6.07, 6.45) is 3.08. The molecule has 30 heavy (non-hydrogen) atoms. The second-order valence-corrected chi connectivity index (χ2v) is 9.69. The molecule has 0 aliphatic carbocycles. The lowest BCUT2D eigenvalue weighted by molar-refractivity contribution is -0.126. The van der Waals surface area contributed by atoms with E-state index in [4.69, 9.17) is 0 Å². The maximum absolute atomic E-state index is 12.6. The van der Waals surface area contributed by atoms with Gasteiger partial charge in [-0.2, -0.15) is 0 Å². The predicted molar refractivity (Wildman–Crippen MR) is 118 cm³/mol.